The molecule has 1 fully saturated rings. The molecule has 1 saturated heterocycles. The van der Waals surface area contributed by atoms with Crippen LogP contribution in [0.3, 0.4) is 0 Å². The Morgan fingerprint density at radius 1 is 1.33 bits per heavy atom. The van der Waals surface area contributed by atoms with E-state index in [1.807, 2.05) is 38.2 Å². The largest absolute Gasteiger partial charge is 0.476 e. The first-order valence-corrected chi connectivity index (χ1v) is 9.22. The zero-order valence-electron chi connectivity index (χ0n) is 15.6. The van der Waals surface area contributed by atoms with E-state index >= 15 is 0 Å². The Labute approximate surface area is 158 Å². The summed E-state index contributed by atoms with van der Waals surface area (Å²) in [5.74, 6) is 1.08. The van der Waals surface area contributed by atoms with Crippen molar-refractivity contribution < 1.29 is 14.3 Å². The Morgan fingerprint density at radius 3 is 2.96 bits per heavy atom. The van der Waals surface area contributed by atoms with E-state index in [0.717, 1.165) is 41.7 Å². The van der Waals surface area contributed by atoms with Crippen LogP contribution >= 0.6 is 0 Å². The topological polar surface area (TPSA) is 66.2 Å². The van der Waals surface area contributed by atoms with Crippen LogP contribution in [0.2, 0.25) is 0 Å². The van der Waals surface area contributed by atoms with E-state index in [9.17, 15) is 4.79 Å². The van der Waals surface area contributed by atoms with Gasteiger partial charge in [-0.2, -0.15) is 0 Å². The molecule has 0 amide bonds. The minimum absolute atomic E-state index is 0.00854. The molecule has 140 valence electrons. The molecule has 0 N–H and O–H groups in total. The number of aryl methyl sites for hydroxylation is 2. The van der Waals surface area contributed by atoms with Crippen molar-refractivity contribution in [2.45, 2.75) is 19.8 Å². The van der Waals surface area contributed by atoms with Crippen LogP contribution in [0.15, 0.2) is 36.5 Å². The third-order valence-corrected chi connectivity index (χ3v) is 4.92. The number of hydrogen-bond donors (Lipinski definition) is 0. The smallest absolute Gasteiger partial charge is 0.240 e. The lowest BCUT2D eigenvalue weighted by Gasteiger charge is -2.08. The average molecular weight is 365 g/mol. The van der Waals surface area contributed by atoms with E-state index in [1.54, 1.807) is 16.9 Å². The minimum atomic E-state index is 0.00854. The molecule has 1 unspecified atom stereocenters. The molecular weight excluding hydrogens is 342 g/mol. The molecule has 1 aromatic carbocycles. The summed E-state index contributed by atoms with van der Waals surface area (Å²) in [6.07, 6.45) is 3.06. The van der Waals surface area contributed by atoms with Gasteiger partial charge in [0, 0.05) is 32.2 Å². The Bertz CT molecular complexity index is 957. The fraction of sp³-hybridized carbons (Fsp3) is 0.381. The predicted molar refractivity (Wildman–Crippen MR) is 102 cm³/mol. The van der Waals surface area contributed by atoms with Crippen LogP contribution in [0, 0.1) is 12.8 Å². The number of carbonyl (C=O) groups is 1. The molecule has 0 saturated carbocycles. The number of pyridine rings is 1. The van der Waals surface area contributed by atoms with E-state index in [2.05, 4.69) is 10.1 Å². The molecule has 1 aliphatic rings. The molecular formula is C21H23N3O3. The van der Waals surface area contributed by atoms with E-state index in [-0.39, 0.29) is 5.78 Å². The summed E-state index contributed by atoms with van der Waals surface area (Å²) in [5, 5.41) is 5.45. The molecule has 3 heterocycles. The second-order valence-electron chi connectivity index (χ2n) is 7.14. The van der Waals surface area contributed by atoms with Gasteiger partial charge in [0.1, 0.15) is 5.69 Å². The van der Waals surface area contributed by atoms with Crippen LogP contribution in [0.5, 0.6) is 5.88 Å². The van der Waals surface area contributed by atoms with E-state index in [0.29, 0.717) is 30.5 Å². The molecule has 27 heavy (non-hydrogen) atoms. The van der Waals surface area contributed by atoms with Crippen molar-refractivity contribution in [1.29, 1.82) is 0 Å². The predicted octanol–water partition coefficient (Wildman–Crippen LogP) is 3.12. The quantitative estimate of drug-likeness (QED) is 0.628. The number of ketones is 1. The average Bonchev–Trinajstić information content (AvgIpc) is 3.29. The fourth-order valence-electron chi connectivity index (χ4n) is 3.31. The van der Waals surface area contributed by atoms with Gasteiger partial charge in [0.25, 0.3) is 0 Å². The van der Waals surface area contributed by atoms with Crippen molar-refractivity contribution in [3.8, 4) is 5.88 Å². The molecule has 6 nitrogen and oxygen atoms in total. The standard InChI is InChI=1S/C21H23N3O3/c1-14-3-6-18(22-11-14)20(25)10-15-4-5-17-19(9-15)24(2)23-21(17)27-13-16-7-8-26-12-16/h3-6,9,11,16H,7-8,10,12-13H2,1-2H3. The Balaban J connectivity index is 1.51. The van der Waals surface area contributed by atoms with Crippen molar-refractivity contribution >= 4 is 16.7 Å². The lowest BCUT2D eigenvalue weighted by atomic mass is 10.0. The zero-order valence-corrected chi connectivity index (χ0v) is 15.6. The molecule has 4 rings (SSSR count). The van der Waals surface area contributed by atoms with Crippen molar-refractivity contribution in [3.05, 3.63) is 53.3 Å². The number of fused-ring (bicyclic) bond motifs is 1. The van der Waals surface area contributed by atoms with Gasteiger partial charge < -0.3 is 9.47 Å². The number of carbonyl (C=O) groups excluding carboxylic acids is 1. The van der Waals surface area contributed by atoms with Crippen LogP contribution in [-0.2, 0) is 18.2 Å². The SMILES string of the molecule is Cc1ccc(C(=O)Cc2ccc3c(OCC4CCOC4)nn(C)c3c2)nc1. The van der Waals surface area contributed by atoms with Crippen LogP contribution in [0.4, 0.5) is 0 Å². The van der Waals surface area contributed by atoms with Crippen LogP contribution in [0.1, 0.15) is 28.0 Å². The number of ether oxygens (including phenoxy) is 2. The van der Waals surface area contributed by atoms with E-state index in [4.69, 9.17) is 9.47 Å². The number of aromatic nitrogens is 3. The van der Waals surface area contributed by atoms with Gasteiger partial charge in [-0.3, -0.25) is 14.5 Å². The maximum Gasteiger partial charge on any atom is 0.240 e. The van der Waals surface area contributed by atoms with Gasteiger partial charge in [0.05, 0.1) is 24.1 Å². The molecule has 0 aliphatic carbocycles. The van der Waals surface area contributed by atoms with Crippen molar-refractivity contribution in [2.75, 3.05) is 19.8 Å². The summed E-state index contributed by atoms with van der Waals surface area (Å²) >= 11 is 0. The highest BCUT2D eigenvalue weighted by Crippen LogP contribution is 2.27. The fourth-order valence-corrected chi connectivity index (χ4v) is 3.31. The molecule has 0 radical (unpaired) electrons. The first kappa shape index (κ1) is 17.7. The van der Waals surface area contributed by atoms with Gasteiger partial charge in [0.2, 0.25) is 5.88 Å². The maximum absolute atomic E-state index is 12.5. The number of hydrogen-bond acceptors (Lipinski definition) is 5. The molecule has 1 atom stereocenters. The number of rotatable bonds is 6. The minimum Gasteiger partial charge on any atom is -0.476 e. The summed E-state index contributed by atoms with van der Waals surface area (Å²) in [5.41, 5.74) is 3.43. The first-order chi connectivity index (χ1) is 13.1. The molecule has 0 bridgehead atoms. The zero-order chi connectivity index (χ0) is 18.8. The third-order valence-electron chi connectivity index (χ3n) is 4.92. The maximum atomic E-state index is 12.5. The van der Waals surface area contributed by atoms with Gasteiger partial charge in [-0.25, -0.2) is 0 Å². The summed E-state index contributed by atoms with van der Waals surface area (Å²) in [7, 11) is 1.89. The number of nitrogens with zero attached hydrogens (tertiary/aromatic N) is 3. The van der Waals surface area contributed by atoms with Crippen molar-refractivity contribution in [3.63, 3.8) is 0 Å². The van der Waals surface area contributed by atoms with Crippen molar-refractivity contribution in [1.82, 2.24) is 14.8 Å². The molecule has 0 spiro atoms. The van der Waals surface area contributed by atoms with Crippen molar-refractivity contribution in [2.24, 2.45) is 13.0 Å². The Kier molecular flexibility index (Phi) is 4.90. The lowest BCUT2D eigenvalue weighted by molar-refractivity contribution is 0.0988. The summed E-state index contributed by atoms with van der Waals surface area (Å²) in [6, 6.07) is 9.62. The first-order valence-electron chi connectivity index (χ1n) is 9.22. The monoisotopic (exact) mass is 365 g/mol. The lowest BCUT2D eigenvalue weighted by Crippen LogP contribution is -2.12. The van der Waals surface area contributed by atoms with Gasteiger partial charge >= 0.3 is 0 Å². The van der Waals surface area contributed by atoms with Gasteiger partial charge in [0.15, 0.2) is 5.78 Å². The highest BCUT2D eigenvalue weighted by molar-refractivity contribution is 5.96. The van der Waals surface area contributed by atoms with Crippen LogP contribution in [-0.4, -0.2) is 40.4 Å². The van der Waals surface area contributed by atoms with E-state index in [1.165, 1.54) is 0 Å². The van der Waals surface area contributed by atoms with Gasteiger partial charge in [-0.05, 0) is 42.7 Å². The molecule has 1 aliphatic heterocycles. The van der Waals surface area contributed by atoms with Crippen LogP contribution in [0.25, 0.3) is 10.9 Å². The van der Waals surface area contributed by atoms with Gasteiger partial charge in [-0.15, -0.1) is 5.10 Å². The summed E-state index contributed by atoms with van der Waals surface area (Å²) in [4.78, 5) is 16.7. The third kappa shape index (κ3) is 3.85. The number of benzene rings is 1. The van der Waals surface area contributed by atoms with Gasteiger partial charge in [-0.1, -0.05) is 12.1 Å². The van der Waals surface area contributed by atoms with Crippen LogP contribution < -0.4 is 4.74 Å². The highest BCUT2D eigenvalue weighted by atomic mass is 16.5. The Hall–Kier alpha value is -2.73. The second-order valence-corrected chi connectivity index (χ2v) is 7.14. The normalized spacial score (nSPS) is 16.7. The number of Topliss-reactive ketones (excluding diaryl/α,β-unsaturated/α-hetero) is 1. The summed E-state index contributed by atoms with van der Waals surface area (Å²) < 4.78 is 13.1. The molecule has 6 heteroatoms. The summed E-state index contributed by atoms with van der Waals surface area (Å²) in [6.45, 7) is 4.14. The highest BCUT2D eigenvalue weighted by Gasteiger charge is 2.18. The molecule has 3 aromatic rings. The Morgan fingerprint density at radius 2 is 2.22 bits per heavy atom. The second kappa shape index (κ2) is 7.48. The molecule has 2 aromatic heterocycles. The van der Waals surface area contributed by atoms with E-state index < -0.39 is 0 Å².